The number of carboxylic acids is 1. The Kier molecular flexibility index (Phi) is 3.21. The summed E-state index contributed by atoms with van der Waals surface area (Å²) < 4.78 is 13.2. The SMILES string of the molecule is CC(F)c1cccc(C(C)(C)C(=O)O)c1O. The number of rotatable bonds is 3. The highest BCUT2D eigenvalue weighted by Crippen LogP contribution is 2.36. The van der Waals surface area contributed by atoms with Crippen LogP contribution in [0, 0.1) is 0 Å². The van der Waals surface area contributed by atoms with Gasteiger partial charge in [0.15, 0.2) is 0 Å². The van der Waals surface area contributed by atoms with Gasteiger partial charge in [-0.2, -0.15) is 0 Å². The van der Waals surface area contributed by atoms with E-state index in [4.69, 9.17) is 5.11 Å². The summed E-state index contributed by atoms with van der Waals surface area (Å²) in [6.07, 6.45) is -1.33. The molecule has 1 unspecified atom stereocenters. The van der Waals surface area contributed by atoms with Gasteiger partial charge >= 0.3 is 5.97 Å². The number of benzene rings is 1. The molecule has 3 nitrogen and oxygen atoms in total. The molecule has 1 aromatic rings. The van der Waals surface area contributed by atoms with Crippen LogP contribution in [0.1, 0.15) is 38.1 Å². The van der Waals surface area contributed by atoms with Gasteiger partial charge in [-0.3, -0.25) is 4.79 Å². The molecule has 0 aromatic heterocycles. The van der Waals surface area contributed by atoms with Crippen molar-refractivity contribution >= 4 is 5.97 Å². The first-order valence-corrected chi connectivity index (χ1v) is 4.98. The standard InChI is InChI=1S/C12H15FO3/c1-7(13)8-5-4-6-9(10(8)14)12(2,3)11(15)16/h4-7,14H,1-3H3,(H,15,16). The summed E-state index contributed by atoms with van der Waals surface area (Å²) >= 11 is 0. The largest absolute Gasteiger partial charge is 0.507 e. The molecule has 16 heavy (non-hydrogen) atoms. The van der Waals surface area contributed by atoms with E-state index in [1.165, 1.54) is 32.9 Å². The Hall–Kier alpha value is -1.58. The molecule has 2 N–H and O–H groups in total. The minimum Gasteiger partial charge on any atom is -0.507 e. The van der Waals surface area contributed by atoms with Crippen molar-refractivity contribution in [3.8, 4) is 5.75 Å². The van der Waals surface area contributed by atoms with Crippen molar-refractivity contribution in [1.82, 2.24) is 0 Å². The predicted molar refractivity (Wildman–Crippen MR) is 58.3 cm³/mol. The second kappa shape index (κ2) is 4.12. The van der Waals surface area contributed by atoms with Crippen molar-refractivity contribution in [2.45, 2.75) is 32.4 Å². The first kappa shape index (κ1) is 12.5. The lowest BCUT2D eigenvalue weighted by Crippen LogP contribution is -2.28. The van der Waals surface area contributed by atoms with E-state index in [1.807, 2.05) is 0 Å². The average Bonchev–Trinajstić information content (AvgIpc) is 2.16. The summed E-state index contributed by atoms with van der Waals surface area (Å²) in [6.45, 7) is 4.24. The highest BCUT2D eigenvalue weighted by atomic mass is 19.1. The van der Waals surface area contributed by atoms with Crippen LogP contribution in [0.4, 0.5) is 4.39 Å². The molecule has 0 amide bonds. The van der Waals surface area contributed by atoms with E-state index in [-0.39, 0.29) is 16.9 Å². The van der Waals surface area contributed by atoms with Crippen LogP contribution in [0.2, 0.25) is 0 Å². The van der Waals surface area contributed by atoms with E-state index >= 15 is 0 Å². The zero-order chi connectivity index (χ0) is 12.5. The Balaban J connectivity index is 3.36. The number of phenols is 1. The van der Waals surface area contributed by atoms with Gasteiger partial charge in [0.1, 0.15) is 11.9 Å². The number of alkyl halides is 1. The highest BCUT2D eigenvalue weighted by molar-refractivity contribution is 5.81. The third-order valence-electron chi connectivity index (χ3n) is 2.70. The van der Waals surface area contributed by atoms with Crippen molar-refractivity contribution in [1.29, 1.82) is 0 Å². The minimum atomic E-state index is -1.33. The number of aromatic hydroxyl groups is 1. The average molecular weight is 226 g/mol. The smallest absolute Gasteiger partial charge is 0.313 e. The van der Waals surface area contributed by atoms with Crippen LogP contribution in [-0.4, -0.2) is 16.2 Å². The number of phenolic OH excluding ortho intramolecular Hbond substituents is 1. The van der Waals surface area contributed by atoms with Gasteiger partial charge in [0, 0.05) is 11.1 Å². The lowest BCUT2D eigenvalue weighted by atomic mass is 9.83. The third-order valence-corrected chi connectivity index (χ3v) is 2.70. The number of hydrogen-bond donors (Lipinski definition) is 2. The molecule has 1 atom stereocenters. The predicted octanol–water partition coefficient (Wildman–Crippen LogP) is 2.78. The molecule has 0 bridgehead atoms. The third kappa shape index (κ3) is 2.01. The first-order chi connectivity index (χ1) is 7.28. The molecule has 0 aliphatic heterocycles. The quantitative estimate of drug-likeness (QED) is 0.833. The molecule has 1 aromatic carbocycles. The monoisotopic (exact) mass is 226 g/mol. The molecule has 0 spiro atoms. The zero-order valence-electron chi connectivity index (χ0n) is 9.49. The summed E-state index contributed by atoms with van der Waals surface area (Å²) in [5.41, 5.74) is -0.900. The Bertz CT molecular complexity index is 411. The number of hydrogen-bond acceptors (Lipinski definition) is 2. The summed E-state index contributed by atoms with van der Waals surface area (Å²) in [5, 5.41) is 18.9. The van der Waals surface area contributed by atoms with Crippen LogP contribution < -0.4 is 0 Å². The normalized spacial score (nSPS) is 13.5. The van der Waals surface area contributed by atoms with Crippen molar-refractivity contribution in [3.63, 3.8) is 0 Å². The Morgan fingerprint density at radius 3 is 2.44 bits per heavy atom. The maximum atomic E-state index is 13.2. The zero-order valence-corrected chi connectivity index (χ0v) is 9.49. The number of carbonyl (C=O) groups is 1. The van der Waals surface area contributed by atoms with E-state index < -0.39 is 17.6 Å². The fourth-order valence-corrected chi connectivity index (χ4v) is 1.50. The van der Waals surface area contributed by atoms with E-state index in [0.717, 1.165) is 0 Å². The molecule has 1 rings (SSSR count). The fraction of sp³-hybridized carbons (Fsp3) is 0.417. The first-order valence-electron chi connectivity index (χ1n) is 4.98. The number of aliphatic carboxylic acids is 1. The van der Waals surface area contributed by atoms with Gasteiger partial charge in [-0.1, -0.05) is 18.2 Å². The van der Waals surface area contributed by atoms with Gasteiger partial charge in [-0.25, -0.2) is 4.39 Å². The van der Waals surface area contributed by atoms with Crippen LogP contribution >= 0.6 is 0 Å². The fourth-order valence-electron chi connectivity index (χ4n) is 1.50. The maximum absolute atomic E-state index is 13.2. The Morgan fingerprint density at radius 1 is 1.44 bits per heavy atom. The molecule has 0 heterocycles. The highest BCUT2D eigenvalue weighted by Gasteiger charge is 2.33. The van der Waals surface area contributed by atoms with Gasteiger partial charge < -0.3 is 10.2 Å². The van der Waals surface area contributed by atoms with Crippen LogP contribution in [0.5, 0.6) is 5.75 Å². The van der Waals surface area contributed by atoms with Gasteiger partial charge in [0.05, 0.1) is 5.41 Å². The van der Waals surface area contributed by atoms with Crippen molar-refractivity contribution in [2.75, 3.05) is 0 Å². The van der Waals surface area contributed by atoms with Crippen molar-refractivity contribution in [3.05, 3.63) is 29.3 Å². The van der Waals surface area contributed by atoms with E-state index in [2.05, 4.69) is 0 Å². The molecule has 0 aliphatic carbocycles. The summed E-state index contributed by atoms with van der Waals surface area (Å²) in [4.78, 5) is 11.1. The van der Waals surface area contributed by atoms with Gasteiger partial charge in [0.2, 0.25) is 0 Å². The summed E-state index contributed by atoms with van der Waals surface area (Å²) in [7, 11) is 0. The van der Waals surface area contributed by atoms with E-state index in [0.29, 0.717) is 0 Å². The van der Waals surface area contributed by atoms with Crippen molar-refractivity contribution < 1.29 is 19.4 Å². The second-order valence-electron chi connectivity index (χ2n) is 4.29. The Morgan fingerprint density at radius 2 is 2.00 bits per heavy atom. The Labute approximate surface area is 93.5 Å². The second-order valence-corrected chi connectivity index (χ2v) is 4.29. The summed E-state index contributed by atoms with van der Waals surface area (Å²) in [6, 6.07) is 4.49. The van der Waals surface area contributed by atoms with Gasteiger partial charge in [-0.15, -0.1) is 0 Å². The molecule has 0 radical (unpaired) electrons. The molecular formula is C12H15FO3. The number of carboxylic acid groups (broad SMARTS) is 1. The lowest BCUT2D eigenvalue weighted by molar-refractivity contribution is -0.142. The number of para-hydroxylation sites is 1. The van der Waals surface area contributed by atoms with E-state index in [9.17, 15) is 14.3 Å². The molecule has 0 aliphatic rings. The number of halogens is 1. The van der Waals surface area contributed by atoms with Gasteiger partial charge in [-0.05, 0) is 20.8 Å². The van der Waals surface area contributed by atoms with Crippen LogP contribution in [0.25, 0.3) is 0 Å². The lowest BCUT2D eigenvalue weighted by Gasteiger charge is -2.22. The van der Waals surface area contributed by atoms with Crippen molar-refractivity contribution in [2.24, 2.45) is 0 Å². The molecular weight excluding hydrogens is 211 g/mol. The van der Waals surface area contributed by atoms with Gasteiger partial charge in [0.25, 0.3) is 0 Å². The molecule has 88 valence electrons. The summed E-state index contributed by atoms with van der Waals surface area (Å²) in [5.74, 6) is -1.34. The molecule has 4 heteroatoms. The molecule has 0 fully saturated rings. The van der Waals surface area contributed by atoms with E-state index in [1.54, 1.807) is 6.07 Å². The van der Waals surface area contributed by atoms with Crippen LogP contribution in [0.3, 0.4) is 0 Å². The van der Waals surface area contributed by atoms with Crippen LogP contribution in [0.15, 0.2) is 18.2 Å². The molecule has 0 saturated heterocycles. The topological polar surface area (TPSA) is 57.5 Å². The maximum Gasteiger partial charge on any atom is 0.313 e. The van der Waals surface area contributed by atoms with Crippen LogP contribution in [-0.2, 0) is 10.2 Å². The minimum absolute atomic E-state index is 0.117. The molecule has 0 saturated carbocycles.